The van der Waals surface area contributed by atoms with Crippen LogP contribution < -0.4 is 5.32 Å². The summed E-state index contributed by atoms with van der Waals surface area (Å²) >= 11 is 0. The Kier molecular flexibility index (Phi) is 8.13. The molecule has 6 heteroatoms. The van der Waals surface area contributed by atoms with E-state index < -0.39 is 5.97 Å². The van der Waals surface area contributed by atoms with Gasteiger partial charge in [0.05, 0.1) is 6.42 Å². The van der Waals surface area contributed by atoms with Gasteiger partial charge in [0, 0.05) is 26.7 Å². The standard InChI is InChI=1S/C11H23N3O3/c1-4-14(5-2)9-7-12-11(17)13(3)8-6-10(15)16/h4-9H2,1-3H3,(H,12,17)(H,15,16). The summed E-state index contributed by atoms with van der Waals surface area (Å²) < 4.78 is 0. The number of urea groups is 1. The van der Waals surface area contributed by atoms with E-state index in [-0.39, 0.29) is 19.0 Å². The van der Waals surface area contributed by atoms with E-state index >= 15 is 0 Å². The molecule has 2 amide bonds. The lowest BCUT2D eigenvalue weighted by molar-refractivity contribution is -0.137. The molecule has 0 spiro atoms. The lowest BCUT2D eigenvalue weighted by Crippen LogP contribution is -2.42. The Bertz CT molecular complexity index is 242. The maximum absolute atomic E-state index is 11.5. The lowest BCUT2D eigenvalue weighted by atomic mass is 10.4. The summed E-state index contributed by atoms with van der Waals surface area (Å²) in [6.45, 7) is 7.69. The van der Waals surface area contributed by atoms with Crippen molar-refractivity contribution in [2.75, 3.05) is 39.8 Å². The van der Waals surface area contributed by atoms with E-state index in [9.17, 15) is 9.59 Å². The Morgan fingerprint density at radius 2 is 1.76 bits per heavy atom. The van der Waals surface area contributed by atoms with Crippen LogP contribution in [0, 0.1) is 0 Å². The number of carbonyl (C=O) groups excluding carboxylic acids is 1. The summed E-state index contributed by atoms with van der Waals surface area (Å²) in [5.74, 6) is -0.896. The van der Waals surface area contributed by atoms with E-state index in [1.54, 1.807) is 7.05 Å². The van der Waals surface area contributed by atoms with Gasteiger partial charge < -0.3 is 20.2 Å². The molecule has 0 saturated carbocycles. The molecule has 0 aromatic heterocycles. The van der Waals surface area contributed by atoms with E-state index in [2.05, 4.69) is 24.1 Å². The van der Waals surface area contributed by atoms with Gasteiger partial charge in [-0.15, -0.1) is 0 Å². The predicted octanol–water partition coefficient (Wildman–Crippen LogP) is 0.444. The second kappa shape index (κ2) is 8.81. The molecular weight excluding hydrogens is 222 g/mol. The van der Waals surface area contributed by atoms with Gasteiger partial charge in [-0.2, -0.15) is 0 Å². The van der Waals surface area contributed by atoms with Gasteiger partial charge in [0.15, 0.2) is 0 Å². The van der Waals surface area contributed by atoms with Crippen LogP contribution in [0.15, 0.2) is 0 Å². The van der Waals surface area contributed by atoms with Crippen molar-refractivity contribution >= 4 is 12.0 Å². The largest absolute Gasteiger partial charge is 0.481 e. The van der Waals surface area contributed by atoms with Crippen LogP contribution in [0.5, 0.6) is 0 Å². The second-order valence-electron chi connectivity index (χ2n) is 3.82. The fraction of sp³-hybridized carbons (Fsp3) is 0.818. The van der Waals surface area contributed by atoms with E-state index in [4.69, 9.17) is 5.11 Å². The van der Waals surface area contributed by atoms with Crippen molar-refractivity contribution in [3.63, 3.8) is 0 Å². The number of nitrogens with one attached hydrogen (secondary N) is 1. The minimum atomic E-state index is -0.896. The molecule has 0 fully saturated rings. The molecule has 0 bridgehead atoms. The van der Waals surface area contributed by atoms with Crippen molar-refractivity contribution in [1.82, 2.24) is 15.1 Å². The Labute approximate surface area is 103 Å². The number of amides is 2. The van der Waals surface area contributed by atoms with Crippen molar-refractivity contribution in [2.45, 2.75) is 20.3 Å². The topological polar surface area (TPSA) is 72.9 Å². The number of rotatable bonds is 8. The van der Waals surface area contributed by atoms with Gasteiger partial charge in [0.25, 0.3) is 0 Å². The molecular formula is C11H23N3O3. The Morgan fingerprint density at radius 3 is 2.24 bits per heavy atom. The fourth-order valence-corrected chi connectivity index (χ4v) is 1.36. The molecule has 0 aliphatic carbocycles. The highest BCUT2D eigenvalue weighted by Crippen LogP contribution is 1.89. The highest BCUT2D eigenvalue weighted by molar-refractivity contribution is 5.74. The molecule has 0 atom stereocenters. The van der Waals surface area contributed by atoms with Gasteiger partial charge in [-0.1, -0.05) is 13.8 Å². The van der Waals surface area contributed by atoms with Crippen molar-refractivity contribution < 1.29 is 14.7 Å². The maximum atomic E-state index is 11.5. The SMILES string of the molecule is CCN(CC)CCNC(=O)N(C)CCC(=O)O. The number of carbonyl (C=O) groups is 2. The van der Waals surface area contributed by atoms with E-state index in [1.165, 1.54) is 4.90 Å². The Balaban J connectivity index is 3.73. The number of carboxylic acids is 1. The third kappa shape index (κ3) is 7.57. The molecule has 6 nitrogen and oxygen atoms in total. The van der Waals surface area contributed by atoms with Crippen molar-refractivity contribution in [3.8, 4) is 0 Å². The van der Waals surface area contributed by atoms with Crippen LogP contribution in [0.1, 0.15) is 20.3 Å². The number of aliphatic carboxylic acids is 1. The van der Waals surface area contributed by atoms with Crippen LogP contribution in [0.2, 0.25) is 0 Å². The zero-order valence-electron chi connectivity index (χ0n) is 10.9. The second-order valence-corrected chi connectivity index (χ2v) is 3.82. The first kappa shape index (κ1) is 15.7. The van der Waals surface area contributed by atoms with Crippen LogP contribution in [-0.4, -0.2) is 66.7 Å². The number of likely N-dealkylation sites (N-methyl/N-ethyl adjacent to an activating group) is 1. The minimum absolute atomic E-state index is 0.0278. The minimum Gasteiger partial charge on any atom is -0.481 e. The van der Waals surface area contributed by atoms with Gasteiger partial charge in [-0.3, -0.25) is 4.79 Å². The first-order valence-electron chi connectivity index (χ1n) is 5.94. The number of hydrogen-bond donors (Lipinski definition) is 2. The average molecular weight is 245 g/mol. The first-order chi connectivity index (χ1) is 8.01. The van der Waals surface area contributed by atoms with Gasteiger partial charge in [-0.05, 0) is 13.1 Å². The molecule has 0 aliphatic heterocycles. The summed E-state index contributed by atoms with van der Waals surface area (Å²) in [5, 5.41) is 11.2. The van der Waals surface area contributed by atoms with Gasteiger partial charge in [-0.25, -0.2) is 4.79 Å². The number of hydrogen-bond acceptors (Lipinski definition) is 3. The molecule has 0 unspecified atom stereocenters. The fourth-order valence-electron chi connectivity index (χ4n) is 1.36. The highest BCUT2D eigenvalue weighted by atomic mass is 16.4. The molecule has 0 saturated heterocycles. The number of carboxylic acid groups (broad SMARTS) is 1. The van der Waals surface area contributed by atoms with Crippen LogP contribution in [0.25, 0.3) is 0 Å². The van der Waals surface area contributed by atoms with Crippen LogP contribution >= 0.6 is 0 Å². The Morgan fingerprint density at radius 1 is 1.18 bits per heavy atom. The van der Waals surface area contributed by atoms with Crippen molar-refractivity contribution in [1.29, 1.82) is 0 Å². The average Bonchev–Trinajstić information content (AvgIpc) is 2.31. The zero-order valence-corrected chi connectivity index (χ0v) is 10.9. The summed E-state index contributed by atoms with van der Waals surface area (Å²) in [6, 6.07) is -0.224. The maximum Gasteiger partial charge on any atom is 0.317 e. The van der Waals surface area contributed by atoms with E-state index in [0.29, 0.717) is 6.54 Å². The van der Waals surface area contributed by atoms with Gasteiger partial charge in [0.2, 0.25) is 0 Å². The quantitative estimate of drug-likeness (QED) is 0.651. The summed E-state index contributed by atoms with van der Waals surface area (Å²) in [4.78, 5) is 25.5. The molecule has 0 aliphatic rings. The monoisotopic (exact) mass is 245 g/mol. The molecule has 0 rings (SSSR count). The molecule has 0 radical (unpaired) electrons. The van der Waals surface area contributed by atoms with Crippen LogP contribution in [0.3, 0.4) is 0 Å². The first-order valence-corrected chi connectivity index (χ1v) is 5.94. The molecule has 100 valence electrons. The molecule has 0 aromatic carbocycles. The van der Waals surface area contributed by atoms with E-state index in [1.807, 2.05) is 0 Å². The van der Waals surface area contributed by atoms with Gasteiger partial charge in [0.1, 0.15) is 0 Å². The Hall–Kier alpha value is -1.30. The normalized spacial score (nSPS) is 10.4. The molecule has 0 heterocycles. The predicted molar refractivity (Wildman–Crippen MR) is 66.1 cm³/mol. The third-order valence-electron chi connectivity index (χ3n) is 2.61. The summed E-state index contributed by atoms with van der Waals surface area (Å²) in [6.07, 6.45) is -0.0278. The van der Waals surface area contributed by atoms with Crippen LogP contribution in [-0.2, 0) is 4.79 Å². The molecule has 0 aromatic rings. The smallest absolute Gasteiger partial charge is 0.317 e. The van der Waals surface area contributed by atoms with Crippen molar-refractivity contribution in [3.05, 3.63) is 0 Å². The highest BCUT2D eigenvalue weighted by Gasteiger charge is 2.09. The molecule has 17 heavy (non-hydrogen) atoms. The summed E-state index contributed by atoms with van der Waals surface area (Å²) in [7, 11) is 1.59. The van der Waals surface area contributed by atoms with Gasteiger partial charge >= 0.3 is 12.0 Å². The summed E-state index contributed by atoms with van der Waals surface area (Å²) in [5.41, 5.74) is 0. The number of nitrogens with zero attached hydrogens (tertiary/aromatic N) is 2. The van der Waals surface area contributed by atoms with Crippen molar-refractivity contribution in [2.24, 2.45) is 0 Å². The molecule has 2 N–H and O–H groups in total. The van der Waals surface area contributed by atoms with E-state index in [0.717, 1.165) is 19.6 Å². The lowest BCUT2D eigenvalue weighted by Gasteiger charge is -2.20. The zero-order chi connectivity index (χ0) is 13.3. The third-order valence-corrected chi connectivity index (χ3v) is 2.61. The van der Waals surface area contributed by atoms with Crippen LogP contribution in [0.4, 0.5) is 4.79 Å².